The van der Waals surface area contributed by atoms with Crippen LogP contribution in [-0.4, -0.2) is 29.9 Å². The van der Waals surface area contributed by atoms with Gasteiger partial charge in [0.25, 0.3) is 0 Å². The molecular formula is C12H14O4. The summed E-state index contributed by atoms with van der Waals surface area (Å²) in [5.74, 6) is -0.987. The van der Waals surface area contributed by atoms with Crippen molar-refractivity contribution in [1.82, 2.24) is 0 Å². The Kier molecular flexibility index (Phi) is 2.94. The van der Waals surface area contributed by atoms with Crippen molar-refractivity contribution in [2.75, 3.05) is 13.2 Å². The van der Waals surface area contributed by atoms with E-state index in [0.717, 1.165) is 5.56 Å². The highest BCUT2D eigenvalue weighted by Crippen LogP contribution is 2.27. The normalized spacial score (nSPS) is 29.9. The van der Waals surface area contributed by atoms with E-state index < -0.39 is 11.6 Å². The van der Waals surface area contributed by atoms with Crippen molar-refractivity contribution in [3.05, 3.63) is 35.9 Å². The average molecular weight is 222 g/mol. The molecule has 86 valence electrons. The maximum absolute atomic E-state index is 10.9. The Morgan fingerprint density at radius 3 is 2.62 bits per heavy atom. The van der Waals surface area contributed by atoms with Crippen LogP contribution in [0.2, 0.25) is 0 Å². The van der Waals surface area contributed by atoms with Crippen molar-refractivity contribution in [2.45, 2.75) is 18.6 Å². The Morgan fingerprint density at radius 2 is 2.12 bits per heavy atom. The first-order chi connectivity index (χ1) is 7.62. The van der Waals surface area contributed by atoms with E-state index in [2.05, 4.69) is 0 Å². The molecule has 1 aliphatic rings. The van der Waals surface area contributed by atoms with Gasteiger partial charge >= 0.3 is 5.97 Å². The third-order valence-corrected chi connectivity index (χ3v) is 2.74. The van der Waals surface area contributed by atoms with Crippen LogP contribution in [0.3, 0.4) is 0 Å². The molecule has 1 aliphatic heterocycles. The van der Waals surface area contributed by atoms with Crippen molar-refractivity contribution in [3.8, 4) is 0 Å². The molecule has 0 bridgehead atoms. The Bertz CT molecular complexity index is 366. The van der Waals surface area contributed by atoms with E-state index in [1.807, 2.05) is 30.3 Å². The van der Waals surface area contributed by atoms with Gasteiger partial charge in [-0.2, -0.15) is 0 Å². The Hall–Kier alpha value is -1.39. The zero-order valence-electron chi connectivity index (χ0n) is 9.05. The zero-order chi connectivity index (χ0) is 11.6. The number of rotatable bonds is 2. The average Bonchev–Trinajstić information content (AvgIpc) is 2.31. The summed E-state index contributed by atoms with van der Waals surface area (Å²) in [6, 6.07) is 9.65. The molecule has 0 radical (unpaired) electrons. The second-order valence-electron chi connectivity index (χ2n) is 4.06. The molecule has 2 rings (SSSR count). The number of benzene rings is 1. The van der Waals surface area contributed by atoms with Gasteiger partial charge in [0.15, 0.2) is 5.60 Å². The summed E-state index contributed by atoms with van der Waals surface area (Å²) in [5.41, 5.74) is -0.208. The monoisotopic (exact) mass is 222 g/mol. The van der Waals surface area contributed by atoms with Crippen molar-refractivity contribution < 1.29 is 19.4 Å². The van der Waals surface area contributed by atoms with E-state index in [-0.39, 0.29) is 19.3 Å². The summed E-state index contributed by atoms with van der Waals surface area (Å²) >= 11 is 0. The first-order valence-corrected chi connectivity index (χ1v) is 5.16. The van der Waals surface area contributed by atoms with Gasteiger partial charge in [-0.15, -0.1) is 0 Å². The highest BCUT2D eigenvalue weighted by molar-refractivity contribution is 5.77. The molecule has 1 heterocycles. The van der Waals surface area contributed by atoms with E-state index in [4.69, 9.17) is 14.6 Å². The van der Waals surface area contributed by atoms with Crippen molar-refractivity contribution in [3.63, 3.8) is 0 Å². The van der Waals surface area contributed by atoms with E-state index in [1.54, 1.807) is 0 Å². The molecule has 0 amide bonds. The van der Waals surface area contributed by atoms with Crippen LogP contribution in [0.15, 0.2) is 30.3 Å². The first kappa shape index (κ1) is 11.1. The molecule has 16 heavy (non-hydrogen) atoms. The van der Waals surface area contributed by atoms with Gasteiger partial charge in [-0.25, -0.2) is 4.79 Å². The van der Waals surface area contributed by atoms with Gasteiger partial charge in [-0.1, -0.05) is 30.3 Å². The van der Waals surface area contributed by atoms with E-state index in [1.165, 1.54) is 6.92 Å². The van der Waals surface area contributed by atoms with Crippen LogP contribution in [0.4, 0.5) is 0 Å². The van der Waals surface area contributed by atoms with Gasteiger partial charge < -0.3 is 14.6 Å². The molecule has 1 saturated heterocycles. The molecule has 1 aromatic rings. The number of hydrogen-bond donors (Lipinski definition) is 1. The van der Waals surface area contributed by atoms with Gasteiger partial charge in [0, 0.05) is 0 Å². The van der Waals surface area contributed by atoms with Crippen LogP contribution in [0.25, 0.3) is 0 Å². The number of aliphatic carboxylic acids is 1. The molecule has 1 fully saturated rings. The van der Waals surface area contributed by atoms with E-state index in [0.29, 0.717) is 0 Å². The molecule has 0 spiro atoms. The van der Waals surface area contributed by atoms with Crippen LogP contribution in [0, 0.1) is 0 Å². The van der Waals surface area contributed by atoms with E-state index >= 15 is 0 Å². The molecule has 4 nitrogen and oxygen atoms in total. The number of carboxylic acids is 1. The number of ether oxygens (including phenoxy) is 2. The fourth-order valence-electron chi connectivity index (χ4n) is 1.59. The van der Waals surface area contributed by atoms with Crippen LogP contribution in [0.1, 0.15) is 18.6 Å². The molecule has 1 N–H and O–H groups in total. The molecular weight excluding hydrogens is 208 g/mol. The first-order valence-electron chi connectivity index (χ1n) is 5.16. The largest absolute Gasteiger partial charge is 0.479 e. The third kappa shape index (κ3) is 2.08. The van der Waals surface area contributed by atoms with Gasteiger partial charge in [0.2, 0.25) is 0 Å². The fourth-order valence-corrected chi connectivity index (χ4v) is 1.59. The number of hydrogen-bond acceptors (Lipinski definition) is 3. The van der Waals surface area contributed by atoms with Gasteiger partial charge in [0.1, 0.15) is 6.10 Å². The van der Waals surface area contributed by atoms with E-state index in [9.17, 15) is 4.79 Å². The highest BCUT2D eigenvalue weighted by Gasteiger charge is 2.40. The molecule has 2 unspecified atom stereocenters. The van der Waals surface area contributed by atoms with Gasteiger partial charge in [0.05, 0.1) is 13.2 Å². The quantitative estimate of drug-likeness (QED) is 0.826. The lowest BCUT2D eigenvalue weighted by Gasteiger charge is -2.34. The molecule has 0 saturated carbocycles. The van der Waals surface area contributed by atoms with Crippen LogP contribution < -0.4 is 0 Å². The highest BCUT2D eigenvalue weighted by atomic mass is 16.6. The molecule has 4 heteroatoms. The predicted octanol–water partition coefficient (Wildman–Crippen LogP) is 1.62. The fraction of sp³-hybridized carbons (Fsp3) is 0.417. The summed E-state index contributed by atoms with van der Waals surface area (Å²) in [6.45, 7) is 1.87. The Balaban J connectivity index is 2.03. The van der Waals surface area contributed by atoms with Crippen molar-refractivity contribution >= 4 is 5.97 Å². The van der Waals surface area contributed by atoms with Crippen molar-refractivity contribution in [2.24, 2.45) is 0 Å². The molecule has 1 aromatic carbocycles. The standard InChI is InChI=1S/C12H14O4/c1-12(11(13)14)8-15-10(7-16-12)9-5-3-2-4-6-9/h2-6,10H,7-8H2,1H3,(H,13,14). The second-order valence-corrected chi connectivity index (χ2v) is 4.06. The number of carboxylic acid groups (broad SMARTS) is 1. The Labute approximate surface area is 93.8 Å². The van der Waals surface area contributed by atoms with Crippen LogP contribution >= 0.6 is 0 Å². The lowest BCUT2D eigenvalue weighted by molar-refractivity contribution is -0.206. The minimum absolute atomic E-state index is 0.0713. The van der Waals surface area contributed by atoms with Gasteiger partial charge in [-0.05, 0) is 12.5 Å². The SMILES string of the molecule is CC1(C(=O)O)COC(c2ccccc2)CO1. The number of carbonyl (C=O) groups is 1. The third-order valence-electron chi connectivity index (χ3n) is 2.74. The van der Waals surface area contributed by atoms with Crippen LogP contribution in [-0.2, 0) is 14.3 Å². The summed E-state index contributed by atoms with van der Waals surface area (Å²) in [4.78, 5) is 10.9. The minimum atomic E-state index is -1.22. The summed E-state index contributed by atoms with van der Waals surface area (Å²) < 4.78 is 10.9. The maximum atomic E-state index is 10.9. The topological polar surface area (TPSA) is 55.8 Å². The summed E-state index contributed by atoms with van der Waals surface area (Å²) in [6.07, 6.45) is -0.173. The predicted molar refractivity (Wildman–Crippen MR) is 57.1 cm³/mol. The lowest BCUT2D eigenvalue weighted by Crippen LogP contribution is -2.48. The van der Waals surface area contributed by atoms with Crippen molar-refractivity contribution in [1.29, 1.82) is 0 Å². The Morgan fingerprint density at radius 1 is 1.44 bits per heavy atom. The summed E-state index contributed by atoms with van der Waals surface area (Å²) in [7, 11) is 0. The van der Waals surface area contributed by atoms with Gasteiger partial charge in [-0.3, -0.25) is 0 Å². The molecule has 2 atom stereocenters. The molecule has 0 aromatic heterocycles. The maximum Gasteiger partial charge on any atom is 0.338 e. The smallest absolute Gasteiger partial charge is 0.338 e. The van der Waals surface area contributed by atoms with Crippen LogP contribution in [0.5, 0.6) is 0 Å². The summed E-state index contributed by atoms with van der Waals surface area (Å²) in [5, 5.41) is 8.95. The molecule has 0 aliphatic carbocycles. The second kappa shape index (κ2) is 4.23. The minimum Gasteiger partial charge on any atom is -0.479 e. The zero-order valence-corrected chi connectivity index (χ0v) is 9.05. The lowest BCUT2D eigenvalue weighted by atomic mass is 10.0.